The van der Waals surface area contributed by atoms with Crippen molar-refractivity contribution < 1.29 is 14.0 Å². The Hall–Kier alpha value is -1.98. The molecule has 5 nitrogen and oxygen atoms in total. The van der Waals surface area contributed by atoms with Crippen LogP contribution in [0.25, 0.3) is 0 Å². The maximum absolute atomic E-state index is 12.6. The molecule has 0 spiro atoms. The van der Waals surface area contributed by atoms with Crippen LogP contribution in [-0.4, -0.2) is 47.8 Å². The zero-order valence-corrected chi connectivity index (χ0v) is 14.6. The predicted octanol–water partition coefficient (Wildman–Crippen LogP) is 3.49. The number of aryl methyl sites for hydroxylation is 1. The second-order valence-corrected chi connectivity index (χ2v) is 6.55. The number of hydrogen-bond donors (Lipinski definition) is 0. The van der Waals surface area contributed by atoms with Gasteiger partial charge in [-0.15, -0.1) is 0 Å². The first kappa shape index (κ1) is 16.9. The molecule has 1 fully saturated rings. The van der Waals surface area contributed by atoms with Gasteiger partial charge in [0.1, 0.15) is 0 Å². The lowest BCUT2D eigenvalue weighted by Crippen LogP contribution is -2.50. The second-order valence-electron chi connectivity index (χ2n) is 5.68. The Labute approximate surface area is 149 Å². The van der Waals surface area contributed by atoms with Crippen molar-refractivity contribution >= 4 is 35.0 Å². The van der Waals surface area contributed by atoms with Crippen molar-refractivity contribution in [3.8, 4) is 0 Å². The van der Waals surface area contributed by atoms with E-state index in [0.717, 1.165) is 5.56 Å². The summed E-state index contributed by atoms with van der Waals surface area (Å²) in [7, 11) is 0. The molecule has 0 radical (unpaired) electrons. The first-order valence-electron chi connectivity index (χ1n) is 7.54. The molecule has 1 aromatic heterocycles. The van der Waals surface area contributed by atoms with E-state index < -0.39 is 0 Å². The molecule has 126 valence electrons. The van der Waals surface area contributed by atoms with Gasteiger partial charge in [0.15, 0.2) is 5.76 Å². The molecule has 2 aromatic rings. The third-order valence-electron chi connectivity index (χ3n) is 4.02. The molecule has 0 bridgehead atoms. The zero-order valence-electron chi connectivity index (χ0n) is 13.1. The van der Waals surface area contributed by atoms with Crippen molar-refractivity contribution in [3.63, 3.8) is 0 Å². The summed E-state index contributed by atoms with van der Waals surface area (Å²) in [5.41, 5.74) is 1.27. The first-order chi connectivity index (χ1) is 11.5. The highest BCUT2D eigenvalue weighted by Crippen LogP contribution is 2.21. The predicted molar refractivity (Wildman–Crippen MR) is 91.7 cm³/mol. The Bertz CT molecular complexity index is 760. The summed E-state index contributed by atoms with van der Waals surface area (Å²) in [6.07, 6.45) is 1.51. The van der Waals surface area contributed by atoms with Gasteiger partial charge in [-0.2, -0.15) is 0 Å². The number of halogens is 2. The number of furan rings is 1. The minimum atomic E-state index is -0.143. The topological polar surface area (TPSA) is 53.8 Å². The minimum Gasteiger partial charge on any atom is -0.459 e. The van der Waals surface area contributed by atoms with Crippen LogP contribution >= 0.6 is 23.2 Å². The van der Waals surface area contributed by atoms with Gasteiger partial charge >= 0.3 is 0 Å². The number of amides is 2. The molecule has 1 aliphatic rings. The van der Waals surface area contributed by atoms with Crippen LogP contribution in [-0.2, 0) is 0 Å². The van der Waals surface area contributed by atoms with Crippen molar-refractivity contribution in [1.29, 1.82) is 0 Å². The summed E-state index contributed by atoms with van der Waals surface area (Å²) in [5, 5.41) is 0.848. The summed E-state index contributed by atoms with van der Waals surface area (Å²) >= 11 is 11.9. The van der Waals surface area contributed by atoms with Crippen LogP contribution in [0, 0.1) is 6.92 Å². The molecule has 0 saturated carbocycles. The average molecular weight is 367 g/mol. The SMILES string of the molecule is Cc1ccoc1C(=O)N1CCN(C(=O)c2cc(Cl)cc(Cl)c2)CC1. The van der Waals surface area contributed by atoms with Crippen molar-refractivity contribution in [1.82, 2.24) is 9.80 Å². The molecule has 1 saturated heterocycles. The number of carbonyl (C=O) groups is 2. The van der Waals surface area contributed by atoms with E-state index in [1.54, 1.807) is 34.1 Å². The highest BCUT2D eigenvalue weighted by Gasteiger charge is 2.27. The molecule has 3 rings (SSSR count). The van der Waals surface area contributed by atoms with E-state index in [9.17, 15) is 9.59 Å². The van der Waals surface area contributed by atoms with E-state index in [0.29, 0.717) is 47.5 Å². The van der Waals surface area contributed by atoms with Crippen molar-refractivity contribution in [2.75, 3.05) is 26.2 Å². The number of rotatable bonds is 2. The maximum atomic E-state index is 12.6. The third-order valence-corrected chi connectivity index (χ3v) is 4.46. The van der Waals surface area contributed by atoms with Gasteiger partial charge in [0.05, 0.1) is 6.26 Å². The first-order valence-corrected chi connectivity index (χ1v) is 8.30. The van der Waals surface area contributed by atoms with Crippen LogP contribution in [0.4, 0.5) is 0 Å². The molecular formula is C17H16Cl2N2O3. The summed E-state index contributed by atoms with van der Waals surface area (Å²) < 4.78 is 5.25. The van der Waals surface area contributed by atoms with E-state index in [4.69, 9.17) is 27.6 Å². The molecule has 0 unspecified atom stereocenters. The fraction of sp³-hybridized carbons (Fsp3) is 0.294. The molecule has 1 aromatic carbocycles. The molecule has 24 heavy (non-hydrogen) atoms. The lowest BCUT2D eigenvalue weighted by Gasteiger charge is -2.34. The Balaban J connectivity index is 1.65. The summed E-state index contributed by atoms with van der Waals surface area (Å²) in [6, 6.07) is 6.54. The summed E-state index contributed by atoms with van der Waals surface area (Å²) in [4.78, 5) is 28.4. The number of carbonyl (C=O) groups excluding carboxylic acids is 2. The van der Waals surface area contributed by atoms with Gasteiger partial charge in [-0.25, -0.2) is 0 Å². The maximum Gasteiger partial charge on any atom is 0.289 e. The van der Waals surface area contributed by atoms with Crippen LogP contribution in [0.2, 0.25) is 10.0 Å². The highest BCUT2D eigenvalue weighted by atomic mass is 35.5. The fourth-order valence-corrected chi connectivity index (χ4v) is 3.23. The van der Waals surface area contributed by atoms with Crippen LogP contribution < -0.4 is 0 Å². The summed E-state index contributed by atoms with van der Waals surface area (Å²) in [5.74, 6) is 0.0764. The second kappa shape index (κ2) is 6.87. The van der Waals surface area contributed by atoms with Crippen LogP contribution in [0.3, 0.4) is 0 Å². The van der Waals surface area contributed by atoms with Gasteiger partial charge in [0.2, 0.25) is 0 Å². The standard InChI is InChI=1S/C17H16Cl2N2O3/c1-11-2-7-24-15(11)17(23)21-5-3-20(4-6-21)16(22)12-8-13(18)10-14(19)9-12/h2,7-10H,3-6H2,1H3. The quantitative estimate of drug-likeness (QED) is 0.817. The number of nitrogens with zero attached hydrogens (tertiary/aromatic N) is 2. The minimum absolute atomic E-state index is 0.138. The van der Waals surface area contributed by atoms with Crippen LogP contribution in [0.5, 0.6) is 0 Å². The highest BCUT2D eigenvalue weighted by molar-refractivity contribution is 6.35. The average Bonchev–Trinajstić information content (AvgIpc) is 2.99. The molecule has 0 atom stereocenters. The molecule has 0 N–H and O–H groups in total. The molecule has 1 aliphatic heterocycles. The molecule has 2 heterocycles. The molecule has 0 aliphatic carbocycles. The normalized spacial score (nSPS) is 14.8. The van der Waals surface area contributed by atoms with E-state index in [-0.39, 0.29) is 11.8 Å². The van der Waals surface area contributed by atoms with Crippen LogP contribution in [0.1, 0.15) is 26.5 Å². The number of benzene rings is 1. The Morgan fingerprint density at radius 1 is 0.958 bits per heavy atom. The third kappa shape index (κ3) is 3.42. The van der Waals surface area contributed by atoms with Gasteiger partial charge in [-0.3, -0.25) is 9.59 Å². The van der Waals surface area contributed by atoms with Crippen molar-refractivity contribution in [3.05, 3.63) is 57.5 Å². The summed E-state index contributed by atoms with van der Waals surface area (Å²) in [6.45, 7) is 3.65. The van der Waals surface area contributed by atoms with E-state index in [1.807, 2.05) is 6.92 Å². The number of piperazine rings is 1. The Morgan fingerprint density at radius 2 is 1.50 bits per heavy atom. The monoisotopic (exact) mass is 366 g/mol. The number of hydrogen-bond acceptors (Lipinski definition) is 3. The van der Waals surface area contributed by atoms with E-state index in [1.165, 1.54) is 6.26 Å². The van der Waals surface area contributed by atoms with Crippen LogP contribution in [0.15, 0.2) is 34.9 Å². The zero-order chi connectivity index (χ0) is 17.3. The van der Waals surface area contributed by atoms with E-state index in [2.05, 4.69) is 0 Å². The largest absolute Gasteiger partial charge is 0.459 e. The van der Waals surface area contributed by atoms with Gasteiger partial charge in [0.25, 0.3) is 11.8 Å². The Kier molecular flexibility index (Phi) is 4.83. The molecule has 7 heteroatoms. The van der Waals surface area contributed by atoms with Crippen molar-refractivity contribution in [2.24, 2.45) is 0 Å². The van der Waals surface area contributed by atoms with E-state index >= 15 is 0 Å². The van der Waals surface area contributed by atoms with Gasteiger partial charge in [0, 0.05) is 47.4 Å². The smallest absolute Gasteiger partial charge is 0.289 e. The van der Waals surface area contributed by atoms with Gasteiger partial charge in [-0.05, 0) is 31.2 Å². The molecule has 2 amide bonds. The lowest BCUT2D eigenvalue weighted by molar-refractivity contribution is 0.0517. The van der Waals surface area contributed by atoms with Crippen molar-refractivity contribution in [2.45, 2.75) is 6.92 Å². The fourth-order valence-electron chi connectivity index (χ4n) is 2.71. The lowest BCUT2D eigenvalue weighted by atomic mass is 10.1. The molecular weight excluding hydrogens is 351 g/mol. The Morgan fingerprint density at radius 3 is 2.00 bits per heavy atom. The van der Waals surface area contributed by atoms with Gasteiger partial charge < -0.3 is 14.2 Å². The van der Waals surface area contributed by atoms with Gasteiger partial charge in [-0.1, -0.05) is 23.2 Å².